The molecule has 1 fully saturated rings. The summed E-state index contributed by atoms with van der Waals surface area (Å²) in [5, 5.41) is 15.8. The molecule has 1 aromatic carbocycles. The minimum Gasteiger partial charge on any atom is -0.408 e. The van der Waals surface area contributed by atoms with Gasteiger partial charge >= 0.3 is 6.09 Å². The Morgan fingerprint density at radius 1 is 1.26 bits per heavy atom. The molecule has 1 saturated heterocycles. The highest BCUT2D eigenvalue weighted by atomic mass is 16.5. The molecule has 10 heteroatoms. The van der Waals surface area contributed by atoms with Crippen LogP contribution < -0.4 is 26.0 Å². The number of rotatable bonds is 7. The van der Waals surface area contributed by atoms with E-state index in [0.717, 1.165) is 44.0 Å². The molecule has 1 aliphatic rings. The van der Waals surface area contributed by atoms with Crippen LogP contribution in [0.15, 0.2) is 18.3 Å². The summed E-state index contributed by atoms with van der Waals surface area (Å²) >= 11 is 0. The van der Waals surface area contributed by atoms with Crippen molar-refractivity contribution in [1.29, 1.82) is 5.26 Å². The van der Waals surface area contributed by atoms with Gasteiger partial charge in [0.25, 0.3) is 0 Å². The standard InChI is InChI=1S/C25H36N8O2/c1-7-32-8-10-33(11-9-32)18-12-19(25(4,5)6)21(20(13-18)35-23(27)34)30-24-28-15-17(14-26)22(31-24)29-16(2)3/h12-13,15-16H,7-11H2,1-6H3,(H2,27,34)(H2,28,29,30,31). The van der Waals surface area contributed by atoms with Gasteiger partial charge in [0.15, 0.2) is 5.75 Å². The number of carbonyl (C=O) groups is 1. The molecule has 4 N–H and O–H groups in total. The van der Waals surface area contributed by atoms with E-state index in [1.54, 1.807) is 0 Å². The lowest BCUT2D eigenvalue weighted by atomic mass is 9.85. The number of nitrogens with two attached hydrogens (primary N) is 1. The third-order valence-electron chi connectivity index (χ3n) is 5.86. The van der Waals surface area contributed by atoms with Gasteiger partial charge in [-0.15, -0.1) is 0 Å². The van der Waals surface area contributed by atoms with Crippen molar-refractivity contribution in [3.8, 4) is 11.8 Å². The van der Waals surface area contributed by atoms with Crippen LogP contribution in [0.5, 0.6) is 5.75 Å². The first kappa shape index (κ1) is 26.0. The number of hydrogen-bond donors (Lipinski definition) is 3. The highest BCUT2D eigenvalue weighted by Crippen LogP contribution is 2.42. The van der Waals surface area contributed by atoms with Crippen molar-refractivity contribution in [3.05, 3.63) is 29.5 Å². The third-order valence-corrected chi connectivity index (χ3v) is 5.86. The van der Waals surface area contributed by atoms with Gasteiger partial charge in [0, 0.05) is 44.0 Å². The molecular weight excluding hydrogens is 444 g/mol. The number of benzene rings is 1. The SMILES string of the molecule is CCN1CCN(c2cc(OC(N)=O)c(Nc3ncc(C#N)c(NC(C)C)n3)c(C(C)(C)C)c2)CC1. The van der Waals surface area contributed by atoms with Crippen molar-refractivity contribution in [1.82, 2.24) is 14.9 Å². The van der Waals surface area contributed by atoms with Crippen LogP contribution in [0, 0.1) is 11.3 Å². The summed E-state index contributed by atoms with van der Waals surface area (Å²) in [6.07, 6.45) is 0.566. The number of piperazine rings is 1. The summed E-state index contributed by atoms with van der Waals surface area (Å²) in [5.41, 5.74) is 7.94. The van der Waals surface area contributed by atoms with Gasteiger partial charge < -0.3 is 30.9 Å². The van der Waals surface area contributed by atoms with Crippen LogP contribution in [0.25, 0.3) is 0 Å². The fraction of sp³-hybridized carbons (Fsp3) is 0.520. The van der Waals surface area contributed by atoms with Gasteiger partial charge in [-0.25, -0.2) is 9.78 Å². The number of carbonyl (C=O) groups excluding carboxylic acids is 1. The molecule has 188 valence electrons. The van der Waals surface area contributed by atoms with Gasteiger partial charge in [-0.2, -0.15) is 10.2 Å². The van der Waals surface area contributed by atoms with Crippen molar-refractivity contribution in [3.63, 3.8) is 0 Å². The van der Waals surface area contributed by atoms with Crippen molar-refractivity contribution >= 4 is 29.2 Å². The molecule has 3 rings (SSSR count). The van der Waals surface area contributed by atoms with E-state index < -0.39 is 6.09 Å². The van der Waals surface area contributed by atoms with Gasteiger partial charge in [-0.3, -0.25) is 0 Å². The number of nitrogens with zero attached hydrogens (tertiary/aromatic N) is 5. The summed E-state index contributed by atoms with van der Waals surface area (Å²) in [4.78, 5) is 25.4. The minimum absolute atomic E-state index is 0.0798. The first-order valence-electron chi connectivity index (χ1n) is 12.0. The molecule has 0 spiro atoms. The van der Waals surface area contributed by atoms with Gasteiger partial charge in [0.1, 0.15) is 17.5 Å². The Labute approximate surface area is 207 Å². The fourth-order valence-corrected chi connectivity index (χ4v) is 4.03. The number of likely N-dealkylation sites (N-methyl/N-ethyl adjacent to an activating group) is 1. The zero-order chi connectivity index (χ0) is 25.8. The largest absolute Gasteiger partial charge is 0.410 e. The topological polar surface area (TPSA) is 132 Å². The minimum atomic E-state index is -0.899. The van der Waals surface area contributed by atoms with Gasteiger partial charge in [-0.05, 0) is 37.4 Å². The summed E-state index contributed by atoms with van der Waals surface area (Å²) in [7, 11) is 0. The highest BCUT2D eigenvalue weighted by Gasteiger charge is 2.27. The Morgan fingerprint density at radius 2 is 1.94 bits per heavy atom. The van der Waals surface area contributed by atoms with Crippen LogP contribution in [-0.4, -0.2) is 59.7 Å². The Hall–Kier alpha value is -3.58. The number of ether oxygens (including phenoxy) is 1. The van der Waals surface area contributed by atoms with Crippen molar-refractivity contribution < 1.29 is 9.53 Å². The lowest BCUT2D eigenvalue weighted by molar-refractivity contribution is 0.211. The first-order chi connectivity index (χ1) is 16.5. The number of hydrogen-bond acceptors (Lipinski definition) is 9. The van der Waals surface area contributed by atoms with E-state index in [1.807, 2.05) is 19.9 Å². The second-order valence-corrected chi connectivity index (χ2v) is 9.95. The molecule has 1 amide bonds. The molecule has 2 heterocycles. The second-order valence-electron chi connectivity index (χ2n) is 9.95. The van der Waals surface area contributed by atoms with E-state index in [0.29, 0.717) is 22.8 Å². The van der Waals surface area contributed by atoms with Gasteiger partial charge in [-0.1, -0.05) is 27.7 Å². The zero-order valence-corrected chi connectivity index (χ0v) is 21.5. The molecule has 0 bridgehead atoms. The van der Waals surface area contributed by atoms with Crippen LogP contribution in [0.2, 0.25) is 0 Å². The maximum absolute atomic E-state index is 11.8. The van der Waals surface area contributed by atoms with Crippen LogP contribution in [0.1, 0.15) is 52.7 Å². The lowest BCUT2D eigenvalue weighted by Gasteiger charge is -2.36. The smallest absolute Gasteiger partial charge is 0.408 e. The number of primary amides is 1. The molecule has 1 aromatic heterocycles. The molecule has 2 aromatic rings. The van der Waals surface area contributed by atoms with Crippen molar-refractivity contribution in [2.75, 3.05) is 48.3 Å². The molecule has 0 atom stereocenters. The average molecular weight is 481 g/mol. The summed E-state index contributed by atoms with van der Waals surface area (Å²) in [6, 6.07) is 6.14. The van der Waals surface area contributed by atoms with E-state index in [2.05, 4.69) is 70.2 Å². The monoisotopic (exact) mass is 480 g/mol. The van der Waals surface area contributed by atoms with Crippen LogP contribution in [-0.2, 0) is 5.41 Å². The number of amides is 1. The third kappa shape index (κ3) is 6.51. The first-order valence-corrected chi connectivity index (χ1v) is 12.0. The normalized spacial score (nSPS) is 14.5. The number of nitrogens with one attached hydrogen (secondary N) is 2. The highest BCUT2D eigenvalue weighted by molar-refractivity contribution is 5.79. The second kappa shape index (κ2) is 10.8. The number of anilines is 4. The van der Waals surface area contributed by atoms with Crippen LogP contribution in [0.3, 0.4) is 0 Å². The van der Waals surface area contributed by atoms with Crippen molar-refractivity contribution in [2.45, 2.75) is 53.0 Å². The molecular formula is C25H36N8O2. The quantitative estimate of drug-likeness (QED) is 0.541. The molecule has 0 radical (unpaired) electrons. The Kier molecular flexibility index (Phi) is 8.02. The molecule has 0 saturated carbocycles. The van der Waals surface area contributed by atoms with Gasteiger partial charge in [0.05, 0.1) is 11.9 Å². The average Bonchev–Trinajstić information content (AvgIpc) is 2.79. The van der Waals surface area contributed by atoms with Gasteiger partial charge in [0.2, 0.25) is 5.95 Å². The Balaban J connectivity index is 2.07. The number of aromatic nitrogens is 2. The molecule has 35 heavy (non-hydrogen) atoms. The molecule has 1 aliphatic heterocycles. The van der Waals surface area contributed by atoms with E-state index in [-0.39, 0.29) is 17.4 Å². The van der Waals surface area contributed by atoms with E-state index in [4.69, 9.17) is 10.5 Å². The number of nitriles is 1. The maximum atomic E-state index is 11.8. The van der Waals surface area contributed by atoms with E-state index in [9.17, 15) is 10.1 Å². The zero-order valence-electron chi connectivity index (χ0n) is 21.5. The summed E-state index contributed by atoms with van der Waals surface area (Å²) in [6.45, 7) is 17.1. The molecule has 0 aliphatic carbocycles. The van der Waals surface area contributed by atoms with E-state index in [1.165, 1.54) is 6.20 Å². The summed E-state index contributed by atoms with van der Waals surface area (Å²) in [5.74, 6) is 1.01. The van der Waals surface area contributed by atoms with E-state index >= 15 is 0 Å². The fourth-order valence-electron chi connectivity index (χ4n) is 4.03. The predicted molar refractivity (Wildman–Crippen MR) is 138 cm³/mol. The van der Waals surface area contributed by atoms with Crippen LogP contribution in [0.4, 0.5) is 27.9 Å². The maximum Gasteiger partial charge on any atom is 0.410 e. The summed E-state index contributed by atoms with van der Waals surface area (Å²) < 4.78 is 5.48. The Bertz CT molecular complexity index is 1100. The Morgan fingerprint density at radius 3 is 2.49 bits per heavy atom. The lowest BCUT2D eigenvalue weighted by Crippen LogP contribution is -2.46. The van der Waals surface area contributed by atoms with Crippen LogP contribution >= 0.6 is 0 Å². The molecule has 10 nitrogen and oxygen atoms in total. The molecule has 0 unspecified atom stereocenters. The van der Waals surface area contributed by atoms with Crippen molar-refractivity contribution in [2.24, 2.45) is 5.73 Å². The predicted octanol–water partition coefficient (Wildman–Crippen LogP) is 3.81.